The van der Waals surface area contributed by atoms with E-state index in [4.69, 9.17) is 19.2 Å². The number of allylic oxidation sites excluding steroid dienone is 1. The molecule has 2 atom stereocenters. The topological polar surface area (TPSA) is 74.2 Å². The van der Waals surface area contributed by atoms with Crippen LogP contribution in [0.2, 0.25) is 0 Å². The van der Waals surface area contributed by atoms with Crippen LogP contribution in [0.5, 0.6) is 11.5 Å². The van der Waals surface area contributed by atoms with E-state index >= 15 is 0 Å². The highest BCUT2D eigenvalue weighted by Crippen LogP contribution is 2.45. The van der Waals surface area contributed by atoms with E-state index in [9.17, 15) is 9.59 Å². The van der Waals surface area contributed by atoms with Gasteiger partial charge in [-0.3, -0.25) is 9.79 Å². The minimum Gasteiger partial charge on any atom is -0.493 e. The van der Waals surface area contributed by atoms with Crippen LogP contribution >= 0.6 is 0 Å². The van der Waals surface area contributed by atoms with Crippen molar-refractivity contribution in [2.75, 3.05) is 13.7 Å². The van der Waals surface area contributed by atoms with Crippen molar-refractivity contribution in [1.29, 1.82) is 0 Å². The molecule has 2 aliphatic carbocycles. The maximum atomic E-state index is 13.5. The van der Waals surface area contributed by atoms with Gasteiger partial charge in [0.15, 0.2) is 11.5 Å². The molecule has 0 spiro atoms. The molecule has 0 aromatic heterocycles. The maximum absolute atomic E-state index is 13.5. The SMILES string of the molecule is CCCOc1ccc([C@@H]2C(C(=O)OC3CCCCC3)=C(C)N=C3CCCC(=O)C32)cc1OC. The summed E-state index contributed by atoms with van der Waals surface area (Å²) in [6.07, 6.45) is 8.09. The number of Topliss-reactive ketones (excluding diaryl/α,β-unsaturated/α-hetero) is 1. The van der Waals surface area contributed by atoms with E-state index in [1.54, 1.807) is 7.11 Å². The Morgan fingerprint density at radius 2 is 1.85 bits per heavy atom. The minimum atomic E-state index is -0.427. The summed E-state index contributed by atoms with van der Waals surface area (Å²) in [5.74, 6) is 0.223. The Kier molecular flexibility index (Phi) is 7.51. The quantitative estimate of drug-likeness (QED) is 0.507. The number of rotatable bonds is 7. The van der Waals surface area contributed by atoms with Crippen LogP contribution in [0.1, 0.15) is 83.1 Å². The van der Waals surface area contributed by atoms with Gasteiger partial charge in [-0.25, -0.2) is 4.79 Å². The molecule has 178 valence electrons. The van der Waals surface area contributed by atoms with Gasteiger partial charge in [0.05, 0.1) is 25.2 Å². The van der Waals surface area contributed by atoms with Crippen molar-refractivity contribution in [2.24, 2.45) is 10.9 Å². The molecule has 0 N–H and O–H groups in total. The number of benzene rings is 1. The van der Waals surface area contributed by atoms with Crippen molar-refractivity contribution in [3.05, 3.63) is 35.0 Å². The molecule has 6 nitrogen and oxygen atoms in total. The Hall–Kier alpha value is -2.63. The Balaban J connectivity index is 1.73. The summed E-state index contributed by atoms with van der Waals surface area (Å²) >= 11 is 0. The van der Waals surface area contributed by atoms with Crippen molar-refractivity contribution >= 4 is 17.5 Å². The Bertz CT molecular complexity index is 957. The maximum Gasteiger partial charge on any atom is 0.336 e. The van der Waals surface area contributed by atoms with Crippen LogP contribution < -0.4 is 9.47 Å². The number of hydrogen-bond acceptors (Lipinski definition) is 6. The predicted molar refractivity (Wildman–Crippen MR) is 127 cm³/mol. The second kappa shape index (κ2) is 10.5. The van der Waals surface area contributed by atoms with Crippen LogP contribution in [0.25, 0.3) is 0 Å². The molecule has 33 heavy (non-hydrogen) atoms. The molecule has 6 heteroatoms. The molecule has 1 aromatic rings. The summed E-state index contributed by atoms with van der Waals surface area (Å²) in [4.78, 5) is 31.4. The van der Waals surface area contributed by atoms with Crippen molar-refractivity contribution in [1.82, 2.24) is 0 Å². The first-order valence-corrected chi connectivity index (χ1v) is 12.4. The highest BCUT2D eigenvalue weighted by molar-refractivity contribution is 6.11. The van der Waals surface area contributed by atoms with Gasteiger partial charge in [0.2, 0.25) is 0 Å². The molecular formula is C27H35NO5. The highest BCUT2D eigenvalue weighted by atomic mass is 16.5. The number of aliphatic imine (C=N–C) groups is 1. The van der Waals surface area contributed by atoms with Crippen LogP contribution in [-0.2, 0) is 14.3 Å². The van der Waals surface area contributed by atoms with Crippen LogP contribution in [0, 0.1) is 5.92 Å². The van der Waals surface area contributed by atoms with Crippen LogP contribution in [0.3, 0.4) is 0 Å². The van der Waals surface area contributed by atoms with Gasteiger partial charge in [0.1, 0.15) is 11.9 Å². The van der Waals surface area contributed by atoms with E-state index < -0.39 is 11.8 Å². The number of hydrogen-bond donors (Lipinski definition) is 0. The molecule has 1 aliphatic heterocycles. The monoisotopic (exact) mass is 453 g/mol. The number of methoxy groups -OCH3 is 1. The summed E-state index contributed by atoms with van der Waals surface area (Å²) in [7, 11) is 1.61. The minimum absolute atomic E-state index is 0.0565. The van der Waals surface area contributed by atoms with E-state index in [2.05, 4.69) is 6.92 Å². The largest absolute Gasteiger partial charge is 0.493 e. The van der Waals surface area contributed by atoms with Gasteiger partial charge in [-0.05, 0) is 69.6 Å². The van der Waals surface area contributed by atoms with Crippen molar-refractivity contribution in [3.8, 4) is 11.5 Å². The van der Waals surface area contributed by atoms with Crippen LogP contribution in [0.15, 0.2) is 34.5 Å². The Labute approximate surface area is 196 Å². The number of ether oxygens (including phenoxy) is 3. The zero-order valence-electron chi connectivity index (χ0n) is 20.0. The number of nitrogens with zero attached hydrogens (tertiary/aromatic N) is 1. The first-order valence-electron chi connectivity index (χ1n) is 12.4. The number of carbonyl (C=O) groups is 2. The number of esters is 1. The molecule has 2 fully saturated rings. The van der Waals surface area contributed by atoms with Gasteiger partial charge >= 0.3 is 5.97 Å². The third-order valence-electron chi connectivity index (χ3n) is 6.96. The summed E-state index contributed by atoms with van der Waals surface area (Å²) < 4.78 is 17.4. The van der Waals surface area contributed by atoms with Gasteiger partial charge in [-0.1, -0.05) is 19.4 Å². The Morgan fingerprint density at radius 3 is 2.58 bits per heavy atom. The molecule has 0 amide bonds. The zero-order valence-corrected chi connectivity index (χ0v) is 20.0. The van der Waals surface area contributed by atoms with Gasteiger partial charge in [-0.2, -0.15) is 0 Å². The summed E-state index contributed by atoms with van der Waals surface area (Å²) in [5, 5.41) is 0. The zero-order chi connectivity index (χ0) is 23.4. The third-order valence-corrected chi connectivity index (χ3v) is 6.96. The molecule has 4 rings (SSSR count). The fourth-order valence-electron chi connectivity index (χ4n) is 5.35. The van der Waals surface area contributed by atoms with E-state index in [1.807, 2.05) is 25.1 Å². The fourth-order valence-corrected chi connectivity index (χ4v) is 5.35. The summed E-state index contributed by atoms with van der Waals surface area (Å²) in [6, 6.07) is 5.73. The first-order chi connectivity index (χ1) is 16.0. The molecule has 3 aliphatic rings. The summed E-state index contributed by atoms with van der Waals surface area (Å²) in [5.41, 5.74) is 2.91. The molecule has 0 radical (unpaired) electrons. The third kappa shape index (κ3) is 4.99. The lowest BCUT2D eigenvalue weighted by Crippen LogP contribution is -2.39. The van der Waals surface area contributed by atoms with Crippen LogP contribution in [0.4, 0.5) is 0 Å². The van der Waals surface area contributed by atoms with Crippen molar-refractivity contribution in [3.63, 3.8) is 0 Å². The number of fused-ring (bicyclic) bond motifs is 1. The second-order valence-electron chi connectivity index (χ2n) is 9.30. The van der Waals surface area contributed by atoms with Crippen molar-refractivity contribution < 1.29 is 23.8 Å². The van der Waals surface area contributed by atoms with Gasteiger partial charge in [-0.15, -0.1) is 0 Å². The van der Waals surface area contributed by atoms with Crippen molar-refractivity contribution in [2.45, 2.75) is 83.7 Å². The predicted octanol–water partition coefficient (Wildman–Crippen LogP) is 5.54. The lowest BCUT2D eigenvalue weighted by atomic mass is 9.69. The molecule has 2 saturated carbocycles. The number of ketones is 1. The Morgan fingerprint density at radius 1 is 1.06 bits per heavy atom. The van der Waals surface area contributed by atoms with Gasteiger partial charge < -0.3 is 14.2 Å². The standard InChI is InChI=1S/C27H35NO5/c1-4-15-32-22-14-13-18(16-23(22)31-3)25-24(27(30)33-19-9-6-5-7-10-19)17(2)28-20-11-8-12-21(29)26(20)25/h13-14,16,19,25-26H,4-12,15H2,1-3H3/t25-,26?/m1/s1. The normalized spacial score (nSPS) is 23.6. The fraction of sp³-hybridized carbons (Fsp3) is 0.593. The molecular weight excluding hydrogens is 418 g/mol. The van der Waals surface area contributed by atoms with E-state index in [-0.39, 0.29) is 17.9 Å². The second-order valence-corrected chi connectivity index (χ2v) is 9.30. The summed E-state index contributed by atoms with van der Waals surface area (Å²) in [6.45, 7) is 4.51. The smallest absolute Gasteiger partial charge is 0.336 e. The number of carbonyl (C=O) groups excluding carboxylic acids is 2. The van der Waals surface area contributed by atoms with Crippen LogP contribution in [-0.4, -0.2) is 37.3 Å². The van der Waals surface area contributed by atoms with E-state index in [0.717, 1.165) is 56.2 Å². The lowest BCUT2D eigenvalue weighted by molar-refractivity contribution is -0.146. The highest BCUT2D eigenvalue weighted by Gasteiger charge is 2.44. The lowest BCUT2D eigenvalue weighted by Gasteiger charge is -2.36. The molecule has 1 heterocycles. The molecule has 0 bridgehead atoms. The van der Waals surface area contributed by atoms with Gasteiger partial charge in [0.25, 0.3) is 0 Å². The first kappa shape index (κ1) is 23.5. The average molecular weight is 454 g/mol. The van der Waals surface area contributed by atoms with E-state index in [1.165, 1.54) is 6.42 Å². The molecule has 1 aromatic carbocycles. The van der Waals surface area contributed by atoms with E-state index in [0.29, 0.717) is 35.8 Å². The molecule has 0 saturated heterocycles. The molecule has 1 unspecified atom stereocenters. The van der Waals surface area contributed by atoms with Gasteiger partial charge in [0, 0.05) is 23.7 Å². The average Bonchev–Trinajstić information content (AvgIpc) is 2.82.